The normalized spacial score (nSPS) is 21.5. The maximum atomic E-state index is 12.9. The van der Waals surface area contributed by atoms with E-state index in [4.69, 9.17) is 4.74 Å². The summed E-state index contributed by atoms with van der Waals surface area (Å²) in [5.74, 6) is -0.0576. The third kappa shape index (κ3) is 5.87. The monoisotopic (exact) mass is 399 g/mol. The molecule has 2 heterocycles. The van der Waals surface area contributed by atoms with Crippen molar-refractivity contribution < 1.29 is 14.3 Å². The summed E-state index contributed by atoms with van der Waals surface area (Å²) >= 11 is 0. The maximum absolute atomic E-state index is 12.9. The molecule has 8 heteroatoms. The summed E-state index contributed by atoms with van der Waals surface area (Å²) < 4.78 is 5.58. The van der Waals surface area contributed by atoms with E-state index in [1.807, 2.05) is 18.2 Å². The number of ether oxygens (including phenoxy) is 1. The van der Waals surface area contributed by atoms with Crippen molar-refractivity contribution in [1.29, 1.82) is 0 Å². The summed E-state index contributed by atoms with van der Waals surface area (Å²) in [6.45, 7) is 0.492. The molecule has 0 saturated heterocycles. The second-order valence-corrected chi connectivity index (χ2v) is 7.59. The molecule has 0 unspecified atom stereocenters. The number of carbonyl (C=O) groups is 2. The average Bonchev–Trinajstić information content (AvgIpc) is 3.25. The van der Waals surface area contributed by atoms with Crippen LogP contribution >= 0.6 is 0 Å². The van der Waals surface area contributed by atoms with Gasteiger partial charge in [0.15, 0.2) is 0 Å². The molecule has 0 aromatic carbocycles. The van der Waals surface area contributed by atoms with Gasteiger partial charge in [-0.25, -0.2) is 0 Å². The van der Waals surface area contributed by atoms with Crippen LogP contribution in [0.25, 0.3) is 0 Å². The van der Waals surface area contributed by atoms with Crippen molar-refractivity contribution in [3.8, 4) is 0 Å². The number of amides is 2. The molecule has 0 spiro atoms. The third-order valence-electron chi connectivity index (χ3n) is 5.52. The fourth-order valence-corrected chi connectivity index (χ4v) is 3.91. The highest BCUT2D eigenvalue weighted by molar-refractivity contribution is 5.79. The van der Waals surface area contributed by atoms with Crippen molar-refractivity contribution in [3.05, 3.63) is 48.0 Å². The van der Waals surface area contributed by atoms with Crippen LogP contribution in [0.15, 0.2) is 36.8 Å². The number of hydrogen-bond acceptors (Lipinski definition) is 5. The molecule has 29 heavy (non-hydrogen) atoms. The average molecular weight is 399 g/mol. The van der Waals surface area contributed by atoms with Gasteiger partial charge in [-0.05, 0) is 49.4 Å². The van der Waals surface area contributed by atoms with Crippen LogP contribution in [0.4, 0.5) is 0 Å². The number of aromatic amines is 1. The topological polar surface area (TPSA) is 100 Å². The predicted octanol–water partition coefficient (Wildman–Crippen LogP) is 1.70. The largest absolute Gasteiger partial charge is 0.379 e. The first-order chi connectivity index (χ1) is 14.1. The van der Waals surface area contributed by atoms with Gasteiger partial charge in [0, 0.05) is 45.1 Å². The first-order valence-electron chi connectivity index (χ1n) is 10.0. The molecule has 8 nitrogen and oxygen atoms in total. The molecule has 3 atom stereocenters. The lowest BCUT2D eigenvalue weighted by atomic mass is 9.82. The van der Waals surface area contributed by atoms with Gasteiger partial charge in [0.2, 0.25) is 11.8 Å². The summed E-state index contributed by atoms with van der Waals surface area (Å²) in [7, 11) is 3.46. The molecule has 1 saturated carbocycles. The van der Waals surface area contributed by atoms with Crippen molar-refractivity contribution in [2.75, 3.05) is 14.2 Å². The standard InChI is InChI=1S/C21H29N5O3/c1-26(14-17-9-12-23-25-17)21(28)16-4-5-19(29-2)18(13-16)24-20(27)6-3-15-7-10-22-11-8-15/h7-12,16,18-19H,3-6,13-14H2,1-2H3,(H,23,25)(H,24,27)/t16-,18+,19+/m0/s1. The Hall–Kier alpha value is -2.74. The Labute approximate surface area is 171 Å². The molecule has 2 N–H and O–H groups in total. The van der Waals surface area contributed by atoms with Gasteiger partial charge < -0.3 is 15.0 Å². The van der Waals surface area contributed by atoms with Crippen molar-refractivity contribution >= 4 is 11.8 Å². The Bertz CT molecular complexity index is 781. The quantitative estimate of drug-likeness (QED) is 0.704. The Morgan fingerprint density at radius 1 is 1.24 bits per heavy atom. The summed E-state index contributed by atoms with van der Waals surface area (Å²) in [4.78, 5) is 31.1. The summed E-state index contributed by atoms with van der Waals surface area (Å²) in [5, 5.41) is 9.89. The molecule has 1 fully saturated rings. The lowest BCUT2D eigenvalue weighted by Crippen LogP contribution is -2.50. The van der Waals surface area contributed by atoms with E-state index in [1.165, 1.54) is 0 Å². The molecule has 3 rings (SSSR count). The zero-order valence-electron chi connectivity index (χ0n) is 17.0. The number of aryl methyl sites for hydroxylation is 1. The molecular weight excluding hydrogens is 370 g/mol. The van der Waals surface area contributed by atoms with Gasteiger partial charge in [-0.3, -0.25) is 19.7 Å². The van der Waals surface area contributed by atoms with Crippen LogP contribution in [0.3, 0.4) is 0 Å². The number of nitrogens with zero attached hydrogens (tertiary/aromatic N) is 3. The lowest BCUT2D eigenvalue weighted by molar-refractivity contribution is -0.138. The molecule has 1 aliphatic carbocycles. The smallest absolute Gasteiger partial charge is 0.225 e. The number of carbonyl (C=O) groups excluding carboxylic acids is 2. The SMILES string of the molecule is CO[C@@H]1CC[C@H](C(=O)N(C)Cc2ccn[nH]2)C[C@H]1NC(=O)CCc1ccncc1. The van der Waals surface area contributed by atoms with Gasteiger partial charge in [-0.15, -0.1) is 0 Å². The Kier molecular flexibility index (Phi) is 7.35. The van der Waals surface area contributed by atoms with Crippen molar-refractivity contribution in [1.82, 2.24) is 25.4 Å². The minimum atomic E-state index is -0.159. The van der Waals surface area contributed by atoms with Crippen LogP contribution in [0.1, 0.15) is 36.9 Å². The first-order valence-corrected chi connectivity index (χ1v) is 10.0. The van der Waals surface area contributed by atoms with Gasteiger partial charge in [-0.1, -0.05) is 0 Å². The van der Waals surface area contributed by atoms with Gasteiger partial charge in [0.1, 0.15) is 0 Å². The van der Waals surface area contributed by atoms with Crippen LogP contribution in [-0.2, 0) is 27.3 Å². The number of rotatable bonds is 8. The van der Waals surface area contributed by atoms with Crippen LogP contribution in [0, 0.1) is 5.92 Å². The molecule has 1 aliphatic rings. The van der Waals surface area contributed by atoms with Crippen LogP contribution in [0.5, 0.6) is 0 Å². The van der Waals surface area contributed by atoms with Gasteiger partial charge in [0.05, 0.1) is 24.4 Å². The van der Waals surface area contributed by atoms with E-state index >= 15 is 0 Å². The highest BCUT2D eigenvalue weighted by atomic mass is 16.5. The molecule has 2 aromatic rings. The fraction of sp³-hybridized carbons (Fsp3) is 0.524. The first kappa shape index (κ1) is 21.0. The molecule has 2 aromatic heterocycles. The van der Waals surface area contributed by atoms with E-state index in [1.54, 1.807) is 37.6 Å². The lowest BCUT2D eigenvalue weighted by Gasteiger charge is -2.36. The molecule has 0 radical (unpaired) electrons. The number of pyridine rings is 1. The second kappa shape index (κ2) is 10.2. The van der Waals surface area contributed by atoms with Crippen molar-refractivity contribution in [2.24, 2.45) is 5.92 Å². The van der Waals surface area contributed by atoms with Crippen LogP contribution in [0.2, 0.25) is 0 Å². The van der Waals surface area contributed by atoms with E-state index in [9.17, 15) is 9.59 Å². The van der Waals surface area contributed by atoms with Crippen molar-refractivity contribution in [3.63, 3.8) is 0 Å². The predicted molar refractivity (Wildman–Crippen MR) is 108 cm³/mol. The Morgan fingerprint density at radius 3 is 2.72 bits per heavy atom. The van der Waals surface area contributed by atoms with Gasteiger partial charge in [0.25, 0.3) is 0 Å². The maximum Gasteiger partial charge on any atom is 0.225 e. The molecule has 156 valence electrons. The van der Waals surface area contributed by atoms with Gasteiger partial charge >= 0.3 is 0 Å². The zero-order valence-corrected chi connectivity index (χ0v) is 17.0. The summed E-state index contributed by atoms with van der Waals surface area (Å²) in [6, 6.07) is 5.53. The second-order valence-electron chi connectivity index (χ2n) is 7.59. The van der Waals surface area contributed by atoms with Crippen LogP contribution < -0.4 is 5.32 Å². The Morgan fingerprint density at radius 2 is 2.03 bits per heavy atom. The van der Waals surface area contributed by atoms with Crippen LogP contribution in [-0.4, -0.2) is 58.2 Å². The number of aromatic nitrogens is 3. The summed E-state index contributed by atoms with van der Waals surface area (Å²) in [6.07, 6.45) is 8.22. The number of H-pyrrole nitrogens is 1. The molecule has 0 bridgehead atoms. The van der Waals surface area contributed by atoms with E-state index in [0.717, 1.165) is 24.1 Å². The summed E-state index contributed by atoms with van der Waals surface area (Å²) in [5.41, 5.74) is 1.97. The van der Waals surface area contributed by atoms with E-state index in [0.29, 0.717) is 25.8 Å². The van der Waals surface area contributed by atoms with Gasteiger partial charge in [-0.2, -0.15) is 5.10 Å². The van der Waals surface area contributed by atoms with Crippen molar-refractivity contribution in [2.45, 2.75) is 50.8 Å². The number of nitrogens with one attached hydrogen (secondary N) is 2. The van der Waals surface area contributed by atoms with E-state index < -0.39 is 0 Å². The van der Waals surface area contributed by atoms with E-state index in [-0.39, 0.29) is 29.9 Å². The minimum absolute atomic E-state index is 0.0206. The number of methoxy groups -OCH3 is 1. The minimum Gasteiger partial charge on any atom is -0.379 e. The fourth-order valence-electron chi connectivity index (χ4n) is 3.91. The highest BCUT2D eigenvalue weighted by Gasteiger charge is 2.36. The highest BCUT2D eigenvalue weighted by Crippen LogP contribution is 2.28. The molecule has 2 amide bonds. The molecule has 0 aliphatic heterocycles. The third-order valence-corrected chi connectivity index (χ3v) is 5.52. The number of hydrogen-bond donors (Lipinski definition) is 2. The zero-order chi connectivity index (χ0) is 20.6. The molecular formula is C21H29N5O3. The van der Waals surface area contributed by atoms with E-state index in [2.05, 4.69) is 20.5 Å². The Balaban J connectivity index is 1.53.